The summed E-state index contributed by atoms with van der Waals surface area (Å²) in [6.45, 7) is 1.42. The van der Waals surface area contributed by atoms with Crippen LogP contribution in [0.4, 0.5) is 5.69 Å². The molecule has 0 atom stereocenters. The van der Waals surface area contributed by atoms with E-state index in [-0.39, 0.29) is 17.7 Å². The van der Waals surface area contributed by atoms with Crippen LogP contribution in [0.5, 0.6) is 5.75 Å². The van der Waals surface area contributed by atoms with E-state index in [1.54, 1.807) is 37.4 Å². The van der Waals surface area contributed by atoms with Gasteiger partial charge < -0.3 is 14.8 Å². The molecule has 1 heterocycles. The Bertz CT molecular complexity index is 1000. The van der Waals surface area contributed by atoms with E-state index in [0.29, 0.717) is 28.1 Å². The predicted octanol–water partition coefficient (Wildman–Crippen LogP) is 4.21. The van der Waals surface area contributed by atoms with E-state index in [4.69, 9.17) is 21.1 Å². The fourth-order valence-corrected chi connectivity index (χ4v) is 2.72. The van der Waals surface area contributed by atoms with Crippen LogP contribution in [0.3, 0.4) is 0 Å². The van der Waals surface area contributed by atoms with E-state index < -0.39 is 5.97 Å². The van der Waals surface area contributed by atoms with Crippen LogP contribution in [0, 0.1) is 0 Å². The second-order valence-electron chi connectivity index (χ2n) is 5.83. The fraction of sp³-hybridized carbons (Fsp3) is 0.150. The number of aromatic nitrogens is 1. The highest BCUT2D eigenvalue weighted by molar-refractivity contribution is 6.30. The van der Waals surface area contributed by atoms with Crippen LogP contribution in [0.25, 0.3) is 10.9 Å². The number of methoxy groups -OCH3 is 1. The van der Waals surface area contributed by atoms with Gasteiger partial charge in [0.1, 0.15) is 17.5 Å². The van der Waals surface area contributed by atoms with Gasteiger partial charge in [-0.1, -0.05) is 11.6 Å². The first-order valence-corrected chi connectivity index (χ1v) is 8.52. The van der Waals surface area contributed by atoms with E-state index in [9.17, 15) is 9.59 Å². The maximum Gasteiger partial charge on any atom is 0.338 e. The number of fused-ring (bicyclic) bond motifs is 1. The number of amides is 1. The Morgan fingerprint density at radius 3 is 2.52 bits per heavy atom. The Hall–Kier alpha value is -3.12. The van der Waals surface area contributed by atoms with Crippen LogP contribution in [0.15, 0.2) is 48.5 Å². The zero-order chi connectivity index (χ0) is 19.4. The summed E-state index contributed by atoms with van der Waals surface area (Å²) < 4.78 is 10.5. The number of rotatable bonds is 5. The van der Waals surface area contributed by atoms with Gasteiger partial charge in [0.15, 0.2) is 0 Å². The van der Waals surface area contributed by atoms with E-state index in [0.717, 1.165) is 5.39 Å². The Balaban J connectivity index is 1.71. The molecule has 6 nitrogen and oxygen atoms in total. The van der Waals surface area contributed by atoms with Crippen molar-refractivity contribution in [3.63, 3.8) is 0 Å². The van der Waals surface area contributed by atoms with Gasteiger partial charge in [0.25, 0.3) is 0 Å². The summed E-state index contributed by atoms with van der Waals surface area (Å²) in [4.78, 5) is 27.6. The van der Waals surface area contributed by atoms with Crippen LogP contribution in [-0.4, -0.2) is 24.0 Å². The number of nitrogens with zero attached hydrogens (tertiary/aromatic N) is 1. The van der Waals surface area contributed by atoms with Gasteiger partial charge in [-0.25, -0.2) is 9.78 Å². The molecule has 0 aliphatic carbocycles. The number of hydrogen-bond donors (Lipinski definition) is 1. The van der Waals surface area contributed by atoms with Gasteiger partial charge in [-0.3, -0.25) is 4.79 Å². The minimum absolute atomic E-state index is 0.0000826. The highest BCUT2D eigenvalue weighted by Crippen LogP contribution is 2.25. The molecule has 0 aliphatic rings. The number of nitrogens with one attached hydrogen (secondary N) is 1. The molecule has 0 radical (unpaired) electrons. The zero-order valence-corrected chi connectivity index (χ0v) is 15.5. The minimum Gasteiger partial charge on any atom is -0.497 e. The second-order valence-corrected chi connectivity index (χ2v) is 6.19. The molecule has 0 aliphatic heterocycles. The summed E-state index contributed by atoms with van der Waals surface area (Å²) in [6, 6.07) is 13.7. The third-order valence-corrected chi connectivity index (χ3v) is 4.18. The van der Waals surface area contributed by atoms with E-state index in [1.807, 2.05) is 18.2 Å². The molecule has 7 heteroatoms. The maximum absolute atomic E-state index is 12.2. The molecule has 1 amide bonds. The average Bonchev–Trinajstić information content (AvgIpc) is 2.65. The molecule has 0 unspecified atom stereocenters. The number of carbonyl (C=O) groups excluding carboxylic acids is 2. The molecule has 27 heavy (non-hydrogen) atoms. The molecule has 0 fully saturated rings. The first-order valence-electron chi connectivity index (χ1n) is 8.14. The van der Waals surface area contributed by atoms with Gasteiger partial charge in [-0.15, -0.1) is 0 Å². The first kappa shape index (κ1) is 18.7. The summed E-state index contributed by atoms with van der Waals surface area (Å²) in [5, 5.41) is 3.77. The molecule has 2 aromatic carbocycles. The molecular formula is C20H17ClN2O4. The number of halogens is 1. The lowest BCUT2D eigenvalue weighted by Gasteiger charge is -2.09. The van der Waals surface area contributed by atoms with Gasteiger partial charge in [0.2, 0.25) is 5.91 Å². The van der Waals surface area contributed by atoms with Crippen LogP contribution >= 0.6 is 11.6 Å². The van der Waals surface area contributed by atoms with E-state index in [1.165, 1.54) is 6.92 Å². The van der Waals surface area contributed by atoms with Crippen LogP contribution in [0.1, 0.15) is 22.8 Å². The van der Waals surface area contributed by atoms with Gasteiger partial charge in [0, 0.05) is 29.6 Å². The van der Waals surface area contributed by atoms with Crippen molar-refractivity contribution >= 4 is 40.1 Å². The van der Waals surface area contributed by atoms with Crippen molar-refractivity contribution in [3.8, 4) is 5.75 Å². The molecule has 0 saturated heterocycles. The van der Waals surface area contributed by atoms with Crippen LogP contribution in [-0.2, 0) is 16.1 Å². The fourth-order valence-electron chi connectivity index (χ4n) is 2.51. The van der Waals surface area contributed by atoms with Crippen molar-refractivity contribution in [3.05, 3.63) is 64.8 Å². The molecule has 138 valence electrons. The predicted molar refractivity (Wildman–Crippen MR) is 103 cm³/mol. The zero-order valence-electron chi connectivity index (χ0n) is 14.8. The minimum atomic E-state index is -0.490. The Morgan fingerprint density at radius 1 is 1.11 bits per heavy atom. The SMILES string of the molecule is COc1ccc2cc(COC(=O)c3ccc(NC(C)=O)cc3)c(Cl)nc2c1. The number of carbonyl (C=O) groups is 2. The average molecular weight is 385 g/mol. The summed E-state index contributed by atoms with van der Waals surface area (Å²) in [5.74, 6) is 0.0182. The van der Waals surface area contributed by atoms with Crippen molar-refractivity contribution < 1.29 is 19.1 Å². The Kier molecular flexibility index (Phi) is 5.57. The number of hydrogen-bond acceptors (Lipinski definition) is 5. The molecule has 1 aromatic heterocycles. The lowest BCUT2D eigenvalue weighted by atomic mass is 10.1. The summed E-state index contributed by atoms with van der Waals surface area (Å²) in [5.41, 5.74) is 2.29. The topological polar surface area (TPSA) is 77.5 Å². The normalized spacial score (nSPS) is 10.5. The smallest absolute Gasteiger partial charge is 0.338 e. The molecule has 3 aromatic rings. The lowest BCUT2D eigenvalue weighted by Crippen LogP contribution is -2.08. The number of pyridine rings is 1. The molecule has 0 saturated carbocycles. The quantitative estimate of drug-likeness (QED) is 0.526. The van der Waals surface area contributed by atoms with E-state index >= 15 is 0 Å². The molecular weight excluding hydrogens is 368 g/mol. The largest absolute Gasteiger partial charge is 0.497 e. The van der Waals surface area contributed by atoms with Gasteiger partial charge in [0.05, 0.1) is 18.2 Å². The van der Waals surface area contributed by atoms with Crippen molar-refractivity contribution in [1.82, 2.24) is 4.98 Å². The van der Waals surface area contributed by atoms with Crippen molar-refractivity contribution in [2.45, 2.75) is 13.5 Å². The van der Waals surface area contributed by atoms with Crippen LogP contribution < -0.4 is 10.1 Å². The maximum atomic E-state index is 12.2. The molecule has 0 bridgehead atoms. The highest BCUT2D eigenvalue weighted by atomic mass is 35.5. The third kappa shape index (κ3) is 4.54. The standard InChI is InChI=1S/C20H17ClN2O4/c1-12(24)22-16-6-3-13(4-7-16)20(25)27-11-15-9-14-5-8-17(26-2)10-18(14)23-19(15)21/h3-10H,11H2,1-2H3,(H,22,24). The summed E-state index contributed by atoms with van der Waals surface area (Å²) in [6.07, 6.45) is 0. The monoisotopic (exact) mass is 384 g/mol. The lowest BCUT2D eigenvalue weighted by molar-refractivity contribution is -0.114. The van der Waals surface area contributed by atoms with Crippen molar-refractivity contribution in [2.24, 2.45) is 0 Å². The van der Waals surface area contributed by atoms with Crippen molar-refractivity contribution in [2.75, 3.05) is 12.4 Å². The van der Waals surface area contributed by atoms with Crippen molar-refractivity contribution in [1.29, 1.82) is 0 Å². The highest BCUT2D eigenvalue weighted by Gasteiger charge is 2.11. The van der Waals surface area contributed by atoms with Crippen LogP contribution in [0.2, 0.25) is 5.15 Å². The Labute approximate surface area is 161 Å². The number of anilines is 1. The number of esters is 1. The van der Waals surface area contributed by atoms with Gasteiger partial charge in [-0.05, 0) is 42.5 Å². The molecule has 3 rings (SSSR count). The van der Waals surface area contributed by atoms with Gasteiger partial charge >= 0.3 is 5.97 Å². The molecule has 1 N–H and O–H groups in total. The summed E-state index contributed by atoms with van der Waals surface area (Å²) >= 11 is 6.21. The number of ether oxygens (including phenoxy) is 2. The number of benzene rings is 2. The molecule has 0 spiro atoms. The first-order chi connectivity index (χ1) is 13.0. The van der Waals surface area contributed by atoms with Gasteiger partial charge in [-0.2, -0.15) is 0 Å². The second kappa shape index (κ2) is 8.05. The third-order valence-electron chi connectivity index (χ3n) is 3.85. The van der Waals surface area contributed by atoms with E-state index in [2.05, 4.69) is 10.3 Å². The summed E-state index contributed by atoms with van der Waals surface area (Å²) in [7, 11) is 1.58. The Morgan fingerprint density at radius 2 is 1.85 bits per heavy atom.